The van der Waals surface area contributed by atoms with Crippen LogP contribution in [0.4, 0.5) is 4.39 Å². The van der Waals surface area contributed by atoms with Crippen LogP contribution in [-0.4, -0.2) is 45.7 Å². The molecule has 1 spiro atoms. The molecule has 2 unspecified atom stereocenters. The largest absolute Gasteiger partial charge is 0.338 e. The number of hydrogen-bond acceptors (Lipinski definition) is 2. The van der Waals surface area contributed by atoms with Crippen LogP contribution in [-0.2, 0) is 4.79 Å². The first-order valence-corrected chi connectivity index (χ1v) is 6.40. The standard InChI is InChI=1S/C9H13ClFIN2O/c10-7(11)8(15)13-3-1-9(5-13)2-4-14(12)6-9/h7H,1-6H2. The van der Waals surface area contributed by atoms with Gasteiger partial charge in [-0.25, -0.2) is 7.50 Å². The maximum absolute atomic E-state index is 12.7. The van der Waals surface area contributed by atoms with Gasteiger partial charge in [-0.3, -0.25) is 4.79 Å². The van der Waals surface area contributed by atoms with Crippen molar-refractivity contribution >= 4 is 40.4 Å². The smallest absolute Gasteiger partial charge is 0.272 e. The molecular formula is C9H13ClFIN2O. The zero-order chi connectivity index (χ0) is 11.1. The summed E-state index contributed by atoms with van der Waals surface area (Å²) in [7, 11) is 0. The Morgan fingerprint density at radius 2 is 2.07 bits per heavy atom. The van der Waals surface area contributed by atoms with E-state index in [1.54, 1.807) is 4.90 Å². The van der Waals surface area contributed by atoms with Gasteiger partial charge in [-0.15, -0.1) is 0 Å². The molecule has 1 amide bonds. The quantitative estimate of drug-likeness (QED) is 0.411. The van der Waals surface area contributed by atoms with Gasteiger partial charge in [-0.1, -0.05) is 11.6 Å². The summed E-state index contributed by atoms with van der Waals surface area (Å²) in [5, 5.41) is 0. The zero-order valence-electron chi connectivity index (χ0n) is 8.26. The summed E-state index contributed by atoms with van der Waals surface area (Å²) in [5.74, 6) is -0.569. The van der Waals surface area contributed by atoms with Crippen molar-refractivity contribution < 1.29 is 9.18 Å². The lowest BCUT2D eigenvalue weighted by Gasteiger charge is -2.23. The normalized spacial score (nSPS) is 33.9. The van der Waals surface area contributed by atoms with Gasteiger partial charge in [0.25, 0.3) is 11.5 Å². The topological polar surface area (TPSA) is 23.6 Å². The van der Waals surface area contributed by atoms with E-state index in [2.05, 4.69) is 26.0 Å². The van der Waals surface area contributed by atoms with Crippen molar-refractivity contribution in [2.45, 2.75) is 18.5 Å². The van der Waals surface area contributed by atoms with Crippen LogP contribution < -0.4 is 0 Å². The highest BCUT2D eigenvalue weighted by Gasteiger charge is 2.45. The number of carbonyl (C=O) groups is 1. The molecule has 0 bridgehead atoms. The van der Waals surface area contributed by atoms with Gasteiger partial charge in [0.15, 0.2) is 0 Å². The molecule has 0 aliphatic carbocycles. The molecule has 2 aliphatic heterocycles. The van der Waals surface area contributed by atoms with Crippen LogP contribution in [0.1, 0.15) is 12.8 Å². The lowest BCUT2D eigenvalue weighted by atomic mass is 9.87. The molecule has 86 valence electrons. The first-order valence-electron chi connectivity index (χ1n) is 5.00. The number of halogens is 3. The van der Waals surface area contributed by atoms with Crippen LogP contribution >= 0.6 is 34.5 Å². The van der Waals surface area contributed by atoms with Crippen molar-refractivity contribution in [3.05, 3.63) is 0 Å². The van der Waals surface area contributed by atoms with Crippen molar-refractivity contribution in [2.75, 3.05) is 26.2 Å². The third-order valence-corrected chi connectivity index (χ3v) is 4.34. The maximum Gasteiger partial charge on any atom is 0.272 e. The van der Waals surface area contributed by atoms with Crippen molar-refractivity contribution in [1.82, 2.24) is 8.01 Å². The third-order valence-electron chi connectivity index (χ3n) is 3.33. The first kappa shape index (κ1) is 11.9. The van der Waals surface area contributed by atoms with Crippen LogP contribution in [0, 0.1) is 5.41 Å². The molecule has 0 aromatic carbocycles. The Balaban J connectivity index is 1.98. The summed E-state index contributed by atoms with van der Waals surface area (Å²) in [4.78, 5) is 12.9. The summed E-state index contributed by atoms with van der Waals surface area (Å²) < 4.78 is 14.9. The minimum absolute atomic E-state index is 0.197. The van der Waals surface area contributed by atoms with Crippen molar-refractivity contribution in [2.24, 2.45) is 5.41 Å². The molecule has 0 aromatic heterocycles. The lowest BCUT2D eigenvalue weighted by Crippen LogP contribution is -2.36. The van der Waals surface area contributed by atoms with Gasteiger partial charge in [-0.05, 0) is 12.8 Å². The second-order valence-electron chi connectivity index (χ2n) is 4.40. The van der Waals surface area contributed by atoms with E-state index >= 15 is 0 Å². The molecule has 0 aromatic rings. The summed E-state index contributed by atoms with van der Waals surface area (Å²) in [6, 6.07) is 0. The highest BCUT2D eigenvalue weighted by atomic mass is 127. The average molecular weight is 347 g/mol. The number of hydrogen-bond donors (Lipinski definition) is 0. The highest BCUT2D eigenvalue weighted by Crippen LogP contribution is 2.40. The highest BCUT2D eigenvalue weighted by molar-refractivity contribution is 14.1. The second-order valence-corrected chi connectivity index (χ2v) is 6.15. The molecule has 2 rings (SSSR count). The molecule has 0 saturated carbocycles. The summed E-state index contributed by atoms with van der Waals surface area (Å²) in [5.41, 5.74) is -1.68. The minimum atomic E-state index is -1.88. The van der Waals surface area contributed by atoms with Gasteiger partial charge in [0, 0.05) is 54.5 Å². The minimum Gasteiger partial charge on any atom is -0.338 e. The molecule has 2 aliphatic rings. The van der Waals surface area contributed by atoms with Crippen LogP contribution in [0.15, 0.2) is 0 Å². The number of nitrogens with zero attached hydrogens (tertiary/aromatic N) is 2. The van der Waals surface area contributed by atoms with E-state index in [1.165, 1.54) is 0 Å². The third kappa shape index (κ3) is 2.39. The van der Waals surface area contributed by atoms with Gasteiger partial charge < -0.3 is 4.90 Å². The Kier molecular flexibility index (Phi) is 3.42. The van der Waals surface area contributed by atoms with Gasteiger partial charge in [-0.2, -0.15) is 0 Å². The molecule has 2 saturated heterocycles. The maximum atomic E-state index is 12.7. The Labute approximate surface area is 107 Å². The molecule has 0 radical (unpaired) electrons. The number of likely N-dealkylation sites (tertiary alicyclic amines) is 1. The van der Waals surface area contributed by atoms with Gasteiger partial charge in [0.05, 0.1) is 0 Å². The van der Waals surface area contributed by atoms with Gasteiger partial charge in [0.1, 0.15) is 0 Å². The fourth-order valence-corrected chi connectivity index (χ4v) is 3.58. The second kappa shape index (κ2) is 4.33. The van der Waals surface area contributed by atoms with Crippen molar-refractivity contribution in [3.63, 3.8) is 0 Å². The summed E-state index contributed by atoms with van der Waals surface area (Å²) in [6.45, 7) is 3.37. The van der Waals surface area contributed by atoms with E-state index in [4.69, 9.17) is 11.6 Å². The van der Waals surface area contributed by atoms with Gasteiger partial charge >= 0.3 is 0 Å². The predicted octanol–water partition coefficient (Wildman–Crippen LogP) is 1.80. The predicted molar refractivity (Wildman–Crippen MR) is 64.6 cm³/mol. The SMILES string of the molecule is O=C(C(F)Cl)N1CCC2(CCN(I)C2)C1. The van der Waals surface area contributed by atoms with Crippen LogP contribution in [0.3, 0.4) is 0 Å². The van der Waals surface area contributed by atoms with Crippen LogP contribution in [0.5, 0.6) is 0 Å². The van der Waals surface area contributed by atoms with E-state index in [0.717, 1.165) is 25.9 Å². The van der Waals surface area contributed by atoms with E-state index in [1.807, 2.05) is 0 Å². The number of alkyl halides is 2. The lowest BCUT2D eigenvalue weighted by molar-refractivity contribution is -0.132. The average Bonchev–Trinajstić information content (AvgIpc) is 2.74. The number of rotatable bonds is 1. The fourth-order valence-electron chi connectivity index (χ4n) is 2.47. The summed E-state index contributed by atoms with van der Waals surface area (Å²) in [6.07, 6.45) is 2.07. The Morgan fingerprint density at radius 1 is 1.40 bits per heavy atom. The van der Waals surface area contributed by atoms with Crippen molar-refractivity contribution in [1.29, 1.82) is 0 Å². The molecule has 2 atom stereocenters. The molecule has 6 heteroatoms. The Bertz CT molecular complexity index is 279. The molecular weight excluding hydrogens is 333 g/mol. The van der Waals surface area contributed by atoms with E-state index in [-0.39, 0.29) is 5.41 Å². The number of amides is 1. The molecule has 0 N–H and O–H groups in total. The van der Waals surface area contributed by atoms with E-state index in [0.29, 0.717) is 13.1 Å². The fraction of sp³-hybridized carbons (Fsp3) is 0.889. The molecule has 15 heavy (non-hydrogen) atoms. The van der Waals surface area contributed by atoms with E-state index < -0.39 is 11.5 Å². The van der Waals surface area contributed by atoms with Crippen molar-refractivity contribution in [3.8, 4) is 0 Å². The van der Waals surface area contributed by atoms with Crippen LogP contribution in [0.25, 0.3) is 0 Å². The monoisotopic (exact) mass is 346 g/mol. The Morgan fingerprint density at radius 3 is 2.60 bits per heavy atom. The Hall–Kier alpha value is 0.380. The first-order chi connectivity index (χ1) is 7.02. The molecule has 2 heterocycles. The van der Waals surface area contributed by atoms with Crippen LogP contribution in [0.2, 0.25) is 0 Å². The van der Waals surface area contributed by atoms with E-state index in [9.17, 15) is 9.18 Å². The summed E-state index contributed by atoms with van der Waals surface area (Å²) >= 11 is 7.46. The number of carbonyl (C=O) groups excluding carboxylic acids is 1. The molecule has 2 fully saturated rings. The molecule has 3 nitrogen and oxygen atoms in total. The zero-order valence-corrected chi connectivity index (χ0v) is 11.2. The van der Waals surface area contributed by atoms with Gasteiger partial charge in [0.2, 0.25) is 0 Å².